The van der Waals surface area contributed by atoms with Gasteiger partial charge in [0, 0.05) is 30.9 Å². The summed E-state index contributed by atoms with van der Waals surface area (Å²) in [4.78, 5) is 32.7. The Labute approximate surface area is 195 Å². The molecule has 0 saturated carbocycles. The Morgan fingerprint density at radius 3 is 2.64 bits per heavy atom. The van der Waals surface area contributed by atoms with E-state index in [0.717, 1.165) is 54.4 Å². The third kappa shape index (κ3) is 4.96. The van der Waals surface area contributed by atoms with Crippen molar-refractivity contribution in [2.24, 2.45) is 0 Å². The van der Waals surface area contributed by atoms with Crippen molar-refractivity contribution in [3.8, 4) is 16.9 Å². The summed E-state index contributed by atoms with van der Waals surface area (Å²) < 4.78 is 6.02. The Bertz CT molecular complexity index is 1200. The highest BCUT2D eigenvalue weighted by Gasteiger charge is 2.26. The lowest BCUT2D eigenvalue weighted by Crippen LogP contribution is -2.41. The third-order valence-electron chi connectivity index (χ3n) is 6.71. The van der Waals surface area contributed by atoms with Crippen LogP contribution in [-0.2, 0) is 4.79 Å². The number of amides is 1. The Balaban J connectivity index is 1.54. The van der Waals surface area contributed by atoms with Crippen molar-refractivity contribution in [2.75, 3.05) is 27.2 Å². The first-order valence-electron chi connectivity index (χ1n) is 11.7. The van der Waals surface area contributed by atoms with Gasteiger partial charge < -0.3 is 19.5 Å². The van der Waals surface area contributed by atoms with Crippen molar-refractivity contribution < 1.29 is 9.53 Å². The Morgan fingerprint density at radius 1 is 1.09 bits per heavy atom. The number of aromatic amines is 1. The molecule has 1 aliphatic heterocycles. The molecular formula is C27H33N3O3. The number of hydrogen-bond acceptors (Lipinski definition) is 4. The number of carbonyl (C=O) groups excluding carboxylic acids is 1. The van der Waals surface area contributed by atoms with Crippen molar-refractivity contribution in [3.05, 3.63) is 64.6 Å². The van der Waals surface area contributed by atoms with Crippen LogP contribution in [0.2, 0.25) is 0 Å². The molecule has 0 bridgehead atoms. The van der Waals surface area contributed by atoms with Crippen LogP contribution < -0.4 is 10.3 Å². The SMILES string of the molecule is Cc1ccccc1-c1c[nH]c(=O)c2cc(O[C@H](C)C(=O)N3CCCC(N(C)C)CC3)ccc12. The molecule has 1 N–H and O–H groups in total. The molecule has 0 spiro atoms. The lowest BCUT2D eigenvalue weighted by atomic mass is 9.97. The first kappa shape index (κ1) is 23.1. The molecule has 1 saturated heterocycles. The number of carbonyl (C=O) groups is 1. The number of fused-ring (bicyclic) bond motifs is 1. The van der Waals surface area contributed by atoms with Gasteiger partial charge in [-0.2, -0.15) is 0 Å². The van der Waals surface area contributed by atoms with Gasteiger partial charge in [-0.25, -0.2) is 0 Å². The maximum absolute atomic E-state index is 13.1. The number of likely N-dealkylation sites (tertiary alicyclic amines) is 1. The van der Waals surface area contributed by atoms with E-state index in [2.05, 4.69) is 43.0 Å². The van der Waals surface area contributed by atoms with Crippen LogP contribution in [0.3, 0.4) is 0 Å². The Hall–Kier alpha value is -3.12. The number of hydrogen-bond donors (Lipinski definition) is 1. The quantitative estimate of drug-likeness (QED) is 0.636. The van der Waals surface area contributed by atoms with Gasteiger partial charge in [0.25, 0.3) is 11.5 Å². The van der Waals surface area contributed by atoms with Gasteiger partial charge in [-0.05, 0) is 81.9 Å². The molecule has 1 amide bonds. The molecule has 4 rings (SSSR count). The minimum Gasteiger partial charge on any atom is -0.481 e. The number of rotatable bonds is 5. The highest BCUT2D eigenvalue weighted by molar-refractivity contribution is 5.97. The summed E-state index contributed by atoms with van der Waals surface area (Å²) in [6.45, 7) is 5.34. The predicted molar refractivity (Wildman–Crippen MR) is 133 cm³/mol. The Morgan fingerprint density at radius 2 is 1.88 bits per heavy atom. The number of nitrogens with zero attached hydrogens (tertiary/aromatic N) is 2. The van der Waals surface area contributed by atoms with Gasteiger partial charge in [-0.15, -0.1) is 0 Å². The predicted octanol–water partition coefficient (Wildman–Crippen LogP) is 4.21. The molecule has 2 heterocycles. The van der Waals surface area contributed by atoms with E-state index < -0.39 is 6.10 Å². The second-order valence-electron chi connectivity index (χ2n) is 9.19. The second kappa shape index (κ2) is 9.79. The number of pyridine rings is 1. The van der Waals surface area contributed by atoms with E-state index in [-0.39, 0.29) is 11.5 Å². The molecule has 1 fully saturated rings. The molecule has 1 unspecified atom stereocenters. The highest BCUT2D eigenvalue weighted by atomic mass is 16.5. The molecule has 33 heavy (non-hydrogen) atoms. The first-order chi connectivity index (χ1) is 15.8. The molecule has 6 nitrogen and oxygen atoms in total. The van der Waals surface area contributed by atoms with Crippen molar-refractivity contribution in [2.45, 2.75) is 45.3 Å². The van der Waals surface area contributed by atoms with Crippen LogP contribution in [0.4, 0.5) is 0 Å². The van der Waals surface area contributed by atoms with E-state index in [9.17, 15) is 9.59 Å². The largest absolute Gasteiger partial charge is 0.481 e. The van der Waals surface area contributed by atoms with E-state index >= 15 is 0 Å². The first-order valence-corrected chi connectivity index (χ1v) is 11.7. The van der Waals surface area contributed by atoms with E-state index in [0.29, 0.717) is 17.2 Å². The van der Waals surface area contributed by atoms with Crippen LogP contribution in [0.15, 0.2) is 53.5 Å². The average Bonchev–Trinajstić information content (AvgIpc) is 3.06. The monoisotopic (exact) mass is 447 g/mol. The zero-order valence-electron chi connectivity index (χ0n) is 19.9. The molecule has 2 aromatic carbocycles. The molecule has 3 aromatic rings. The molecule has 0 aliphatic carbocycles. The van der Waals surface area contributed by atoms with Crippen LogP contribution in [0.1, 0.15) is 31.7 Å². The van der Waals surface area contributed by atoms with Gasteiger partial charge in [0.2, 0.25) is 0 Å². The van der Waals surface area contributed by atoms with E-state index in [1.807, 2.05) is 29.2 Å². The molecule has 0 radical (unpaired) electrons. The average molecular weight is 448 g/mol. The fraction of sp³-hybridized carbons (Fsp3) is 0.407. The smallest absolute Gasteiger partial charge is 0.263 e. The molecule has 2 atom stereocenters. The van der Waals surface area contributed by atoms with E-state index in [4.69, 9.17) is 4.74 Å². The minimum atomic E-state index is -0.614. The maximum atomic E-state index is 13.1. The van der Waals surface area contributed by atoms with Crippen molar-refractivity contribution in [1.82, 2.24) is 14.8 Å². The summed E-state index contributed by atoms with van der Waals surface area (Å²) in [5, 5.41) is 1.41. The number of aromatic nitrogens is 1. The maximum Gasteiger partial charge on any atom is 0.263 e. The van der Waals surface area contributed by atoms with Gasteiger partial charge >= 0.3 is 0 Å². The molecule has 1 aromatic heterocycles. The third-order valence-corrected chi connectivity index (χ3v) is 6.71. The zero-order chi connectivity index (χ0) is 23.5. The van der Waals surface area contributed by atoms with Crippen molar-refractivity contribution in [3.63, 3.8) is 0 Å². The number of benzene rings is 2. The molecular weight excluding hydrogens is 414 g/mol. The summed E-state index contributed by atoms with van der Waals surface area (Å²) in [5.41, 5.74) is 3.01. The van der Waals surface area contributed by atoms with Gasteiger partial charge in [-0.3, -0.25) is 9.59 Å². The number of H-pyrrole nitrogens is 1. The summed E-state index contributed by atoms with van der Waals surface area (Å²) in [7, 11) is 4.19. The summed E-state index contributed by atoms with van der Waals surface area (Å²) in [5.74, 6) is 0.522. The van der Waals surface area contributed by atoms with Crippen molar-refractivity contribution >= 4 is 16.7 Å². The summed E-state index contributed by atoms with van der Waals surface area (Å²) in [6, 6.07) is 14.1. The number of aryl methyl sites for hydroxylation is 1. The van der Waals surface area contributed by atoms with Crippen LogP contribution in [0, 0.1) is 6.92 Å². The lowest BCUT2D eigenvalue weighted by molar-refractivity contribution is -0.137. The summed E-state index contributed by atoms with van der Waals surface area (Å²) >= 11 is 0. The lowest BCUT2D eigenvalue weighted by Gasteiger charge is -2.26. The second-order valence-corrected chi connectivity index (χ2v) is 9.19. The van der Waals surface area contributed by atoms with Gasteiger partial charge in [-0.1, -0.05) is 24.3 Å². The fourth-order valence-corrected chi connectivity index (χ4v) is 4.74. The van der Waals surface area contributed by atoms with Gasteiger partial charge in [0.05, 0.1) is 5.39 Å². The standard InChI is InChI=1S/C27H33N3O3/c1-18-8-5-6-10-22(18)25-17-28-26(31)24-16-21(11-12-23(24)25)33-19(2)27(32)30-14-7-9-20(13-15-30)29(3)4/h5-6,8,10-12,16-17,19-20H,7,9,13-15H2,1-4H3,(H,28,31)/t19-,20?/m1/s1. The van der Waals surface area contributed by atoms with Gasteiger partial charge in [0.1, 0.15) is 5.75 Å². The van der Waals surface area contributed by atoms with Crippen LogP contribution in [0.5, 0.6) is 5.75 Å². The topological polar surface area (TPSA) is 65.6 Å². The van der Waals surface area contributed by atoms with Crippen LogP contribution in [-0.4, -0.2) is 60.0 Å². The molecule has 174 valence electrons. The van der Waals surface area contributed by atoms with E-state index in [1.54, 1.807) is 19.2 Å². The van der Waals surface area contributed by atoms with E-state index in [1.165, 1.54) is 0 Å². The number of ether oxygens (including phenoxy) is 1. The fourth-order valence-electron chi connectivity index (χ4n) is 4.74. The van der Waals surface area contributed by atoms with Crippen LogP contribution >= 0.6 is 0 Å². The molecule has 1 aliphatic rings. The minimum absolute atomic E-state index is 0.00271. The molecule has 6 heteroatoms. The Kier molecular flexibility index (Phi) is 6.84. The number of nitrogens with one attached hydrogen (secondary N) is 1. The van der Waals surface area contributed by atoms with Crippen molar-refractivity contribution in [1.29, 1.82) is 0 Å². The normalized spacial score (nSPS) is 17.7. The van der Waals surface area contributed by atoms with Gasteiger partial charge in [0.15, 0.2) is 6.10 Å². The van der Waals surface area contributed by atoms with Crippen LogP contribution in [0.25, 0.3) is 21.9 Å². The zero-order valence-corrected chi connectivity index (χ0v) is 19.9. The summed E-state index contributed by atoms with van der Waals surface area (Å²) in [6.07, 6.45) is 4.22. The highest BCUT2D eigenvalue weighted by Crippen LogP contribution is 2.30.